The van der Waals surface area contributed by atoms with E-state index in [2.05, 4.69) is 46.8 Å². The van der Waals surface area contributed by atoms with Crippen LogP contribution in [0.3, 0.4) is 0 Å². The second-order valence-electron chi connectivity index (χ2n) is 12.0. The molecule has 4 aliphatic carbocycles. The summed E-state index contributed by atoms with van der Waals surface area (Å²) >= 11 is 0. The van der Waals surface area contributed by atoms with Crippen molar-refractivity contribution < 1.29 is 5.11 Å². The van der Waals surface area contributed by atoms with Crippen molar-refractivity contribution in [1.29, 1.82) is 0 Å². The van der Waals surface area contributed by atoms with Crippen LogP contribution >= 0.6 is 0 Å². The third-order valence-electron chi connectivity index (χ3n) is 10.1. The molecule has 4 aliphatic rings. The summed E-state index contributed by atoms with van der Waals surface area (Å²) < 4.78 is 0. The van der Waals surface area contributed by atoms with Crippen molar-refractivity contribution in [2.45, 2.75) is 111 Å². The highest BCUT2D eigenvalue weighted by Crippen LogP contribution is 2.66. The van der Waals surface area contributed by atoms with E-state index in [-0.39, 0.29) is 6.10 Å². The van der Waals surface area contributed by atoms with Gasteiger partial charge >= 0.3 is 0 Å². The lowest BCUT2D eigenvalue weighted by atomic mass is 9.50. The fourth-order valence-corrected chi connectivity index (χ4v) is 8.28. The summed E-state index contributed by atoms with van der Waals surface area (Å²) in [4.78, 5) is 0. The quantitative estimate of drug-likeness (QED) is 0.486. The van der Waals surface area contributed by atoms with Crippen LogP contribution in [0.4, 0.5) is 0 Å². The van der Waals surface area contributed by atoms with Gasteiger partial charge in [0, 0.05) is 0 Å². The fraction of sp³-hybridized carbons (Fsp3) is 0.857. The number of rotatable bonds is 6. The molecular formula is C28H46O. The standard InChI is InChI=1S/C28H46O/c1-6-20(9-7-8-19(2)3)24-12-13-25-23-11-10-21-18-22(29)14-16-27(21,4)26(23)15-17-28(24,25)5/h10-11,19-20,22,24-26,29H,6-9,12-18H2,1-5H3/t20-,22+,24-,25+,26+,27+,28-/m1/s1. The van der Waals surface area contributed by atoms with Crippen molar-refractivity contribution in [2.75, 3.05) is 0 Å². The Balaban J connectivity index is 1.55. The molecule has 1 nitrogen and oxygen atoms in total. The molecule has 0 amide bonds. The molecular weight excluding hydrogens is 352 g/mol. The second-order valence-corrected chi connectivity index (χ2v) is 12.0. The number of hydrogen-bond acceptors (Lipinski definition) is 1. The molecule has 0 aliphatic heterocycles. The molecule has 0 heterocycles. The predicted molar refractivity (Wildman–Crippen MR) is 124 cm³/mol. The molecule has 1 N–H and O–H groups in total. The smallest absolute Gasteiger partial charge is 0.0578 e. The third kappa shape index (κ3) is 3.68. The van der Waals surface area contributed by atoms with Crippen LogP contribution in [0.25, 0.3) is 0 Å². The Kier molecular flexibility index (Phi) is 6.11. The Bertz CT molecular complexity index is 657. The van der Waals surface area contributed by atoms with Gasteiger partial charge in [0.05, 0.1) is 6.10 Å². The van der Waals surface area contributed by atoms with E-state index in [0.717, 1.165) is 42.4 Å². The number of aliphatic hydroxyl groups excluding tert-OH is 1. The summed E-state index contributed by atoms with van der Waals surface area (Å²) in [6, 6.07) is 0. The molecule has 7 atom stereocenters. The number of aliphatic hydroxyl groups is 1. The van der Waals surface area contributed by atoms with Crippen LogP contribution < -0.4 is 0 Å². The second kappa shape index (κ2) is 8.18. The molecule has 4 rings (SSSR count). The zero-order valence-corrected chi connectivity index (χ0v) is 19.8. The maximum Gasteiger partial charge on any atom is 0.0578 e. The molecule has 0 bridgehead atoms. The molecule has 0 aromatic carbocycles. The average molecular weight is 399 g/mol. The van der Waals surface area contributed by atoms with Gasteiger partial charge in [-0.2, -0.15) is 0 Å². The normalized spacial score (nSPS) is 42.6. The highest BCUT2D eigenvalue weighted by molar-refractivity contribution is 5.38. The van der Waals surface area contributed by atoms with Crippen LogP contribution in [0.2, 0.25) is 0 Å². The molecule has 3 saturated carbocycles. The first-order valence-electron chi connectivity index (χ1n) is 12.9. The van der Waals surface area contributed by atoms with E-state index in [9.17, 15) is 5.11 Å². The van der Waals surface area contributed by atoms with Gasteiger partial charge < -0.3 is 5.11 Å². The van der Waals surface area contributed by atoms with Crippen LogP contribution in [0.1, 0.15) is 105 Å². The van der Waals surface area contributed by atoms with Gasteiger partial charge in [-0.05, 0) is 85.4 Å². The predicted octanol–water partition coefficient (Wildman–Crippen LogP) is 7.70. The zero-order valence-electron chi connectivity index (χ0n) is 19.8. The van der Waals surface area contributed by atoms with Crippen molar-refractivity contribution >= 4 is 0 Å². The molecule has 0 saturated heterocycles. The zero-order chi connectivity index (χ0) is 20.8. The average Bonchev–Trinajstić information content (AvgIpc) is 3.03. The van der Waals surface area contributed by atoms with Gasteiger partial charge in [-0.25, -0.2) is 0 Å². The van der Waals surface area contributed by atoms with E-state index in [4.69, 9.17) is 0 Å². The van der Waals surface area contributed by atoms with Gasteiger partial charge in [0.1, 0.15) is 0 Å². The lowest BCUT2D eigenvalue weighted by Crippen LogP contribution is -2.46. The Morgan fingerprint density at radius 2 is 1.79 bits per heavy atom. The molecule has 0 aromatic heterocycles. The van der Waals surface area contributed by atoms with Gasteiger partial charge in [-0.15, -0.1) is 0 Å². The van der Waals surface area contributed by atoms with Crippen molar-refractivity contribution in [2.24, 2.45) is 40.4 Å². The SMILES string of the molecule is CC[C@H](CCCC(C)C)[C@H]1CC[C@H]2C3=CC=C4C[C@@H](O)CC[C@]4(C)[C@H]3CC[C@]12C. The van der Waals surface area contributed by atoms with Crippen molar-refractivity contribution in [3.8, 4) is 0 Å². The van der Waals surface area contributed by atoms with Crippen molar-refractivity contribution in [1.82, 2.24) is 0 Å². The minimum atomic E-state index is -0.106. The van der Waals surface area contributed by atoms with Crippen LogP contribution in [-0.2, 0) is 0 Å². The fourth-order valence-electron chi connectivity index (χ4n) is 8.28. The van der Waals surface area contributed by atoms with Gasteiger partial charge in [0.2, 0.25) is 0 Å². The van der Waals surface area contributed by atoms with Crippen LogP contribution in [0.15, 0.2) is 23.3 Å². The third-order valence-corrected chi connectivity index (χ3v) is 10.1. The summed E-state index contributed by atoms with van der Waals surface area (Å²) in [5, 5.41) is 10.2. The minimum absolute atomic E-state index is 0.106. The van der Waals surface area contributed by atoms with Gasteiger partial charge in [0.15, 0.2) is 0 Å². The lowest BCUT2D eigenvalue weighted by Gasteiger charge is -2.55. The molecule has 0 radical (unpaired) electrons. The molecule has 1 heteroatoms. The molecule has 0 unspecified atom stereocenters. The van der Waals surface area contributed by atoms with Gasteiger partial charge in [-0.1, -0.05) is 83.6 Å². The summed E-state index contributed by atoms with van der Waals surface area (Å²) in [5.41, 5.74) is 4.20. The van der Waals surface area contributed by atoms with Gasteiger partial charge in [0.25, 0.3) is 0 Å². The van der Waals surface area contributed by atoms with E-state index < -0.39 is 0 Å². The maximum atomic E-state index is 10.2. The monoisotopic (exact) mass is 398 g/mol. The van der Waals surface area contributed by atoms with Crippen molar-refractivity contribution in [3.05, 3.63) is 23.3 Å². The first-order valence-corrected chi connectivity index (χ1v) is 12.9. The molecule has 164 valence electrons. The number of hydrogen-bond donors (Lipinski definition) is 1. The summed E-state index contributed by atoms with van der Waals surface area (Å²) in [6.45, 7) is 12.4. The molecule has 3 fully saturated rings. The van der Waals surface area contributed by atoms with E-state index in [1.165, 1.54) is 57.8 Å². The number of allylic oxidation sites excluding steroid dienone is 3. The van der Waals surface area contributed by atoms with Gasteiger partial charge in [-0.3, -0.25) is 0 Å². The summed E-state index contributed by atoms with van der Waals surface area (Å²) in [5.74, 6) is 4.26. The highest BCUT2D eigenvalue weighted by atomic mass is 16.3. The first kappa shape index (κ1) is 21.7. The van der Waals surface area contributed by atoms with E-state index in [0.29, 0.717) is 10.8 Å². The van der Waals surface area contributed by atoms with Crippen LogP contribution in [0.5, 0.6) is 0 Å². The van der Waals surface area contributed by atoms with E-state index in [1.807, 2.05) is 0 Å². The maximum absolute atomic E-state index is 10.2. The lowest BCUT2D eigenvalue weighted by molar-refractivity contribution is 0.0291. The highest BCUT2D eigenvalue weighted by Gasteiger charge is 2.57. The molecule has 0 spiro atoms. The topological polar surface area (TPSA) is 20.2 Å². The molecule has 29 heavy (non-hydrogen) atoms. The Hall–Kier alpha value is -0.560. The minimum Gasteiger partial charge on any atom is -0.393 e. The number of fused-ring (bicyclic) bond motifs is 5. The van der Waals surface area contributed by atoms with Crippen molar-refractivity contribution in [3.63, 3.8) is 0 Å². The Morgan fingerprint density at radius 1 is 1.00 bits per heavy atom. The van der Waals surface area contributed by atoms with Crippen LogP contribution in [-0.4, -0.2) is 11.2 Å². The van der Waals surface area contributed by atoms with Crippen LogP contribution in [0, 0.1) is 40.4 Å². The summed E-state index contributed by atoms with van der Waals surface area (Å²) in [7, 11) is 0. The Morgan fingerprint density at radius 3 is 2.52 bits per heavy atom. The molecule has 0 aromatic rings. The van der Waals surface area contributed by atoms with E-state index in [1.54, 1.807) is 11.1 Å². The first-order chi connectivity index (χ1) is 13.8. The largest absolute Gasteiger partial charge is 0.393 e. The summed E-state index contributed by atoms with van der Waals surface area (Å²) in [6.07, 6.45) is 19.3. The van der Waals surface area contributed by atoms with E-state index >= 15 is 0 Å². The Labute approximate surface area is 180 Å².